The van der Waals surface area contributed by atoms with E-state index in [-0.39, 0.29) is 11.7 Å². The Labute approximate surface area is 96.8 Å². The van der Waals surface area contributed by atoms with Crippen molar-refractivity contribution in [2.45, 2.75) is 19.8 Å². The summed E-state index contributed by atoms with van der Waals surface area (Å²) in [7, 11) is 0. The molecule has 2 heterocycles. The molecular weight excluding hydrogens is 224 g/mol. The van der Waals surface area contributed by atoms with Crippen molar-refractivity contribution < 1.29 is 9.32 Å². The number of hydrogen-bond acceptors (Lipinski definition) is 6. The first-order valence-electron chi connectivity index (χ1n) is 5.24. The molecule has 8 heteroatoms. The van der Waals surface area contributed by atoms with Crippen LogP contribution in [0.4, 0.5) is 0 Å². The fourth-order valence-corrected chi connectivity index (χ4v) is 1.22. The third kappa shape index (κ3) is 2.86. The van der Waals surface area contributed by atoms with Crippen molar-refractivity contribution in [1.82, 2.24) is 30.6 Å². The summed E-state index contributed by atoms with van der Waals surface area (Å²) in [6.45, 7) is 2.34. The van der Waals surface area contributed by atoms with E-state index in [4.69, 9.17) is 0 Å². The van der Waals surface area contributed by atoms with Crippen LogP contribution in [0.5, 0.6) is 0 Å². The van der Waals surface area contributed by atoms with Crippen LogP contribution in [0, 0.1) is 0 Å². The van der Waals surface area contributed by atoms with E-state index in [2.05, 4.69) is 35.2 Å². The van der Waals surface area contributed by atoms with Gasteiger partial charge in [-0.2, -0.15) is 4.98 Å². The maximum absolute atomic E-state index is 11.6. The van der Waals surface area contributed by atoms with Crippen LogP contribution in [-0.4, -0.2) is 37.8 Å². The second-order valence-electron chi connectivity index (χ2n) is 3.31. The Kier molecular flexibility index (Phi) is 3.43. The van der Waals surface area contributed by atoms with Gasteiger partial charge in [0.1, 0.15) is 5.82 Å². The Morgan fingerprint density at radius 1 is 1.59 bits per heavy atom. The Morgan fingerprint density at radius 2 is 2.47 bits per heavy atom. The first-order chi connectivity index (χ1) is 8.29. The van der Waals surface area contributed by atoms with Gasteiger partial charge in [0.05, 0.1) is 0 Å². The minimum Gasteiger partial charge on any atom is -0.349 e. The number of H-pyrrole nitrogens is 1. The van der Waals surface area contributed by atoms with Gasteiger partial charge in [-0.05, 0) is 0 Å². The SMILES string of the molecule is CCc1nc(C(=O)NCCc2ncon2)n[nH]1. The molecule has 0 fully saturated rings. The zero-order valence-corrected chi connectivity index (χ0v) is 9.30. The lowest BCUT2D eigenvalue weighted by atomic mass is 10.4. The molecule has 0 bridgehead atoms. The minimum atomic E-state index is -0.315. The summed E-state index contributed by atoms with van der Waals surface area (Å²) in [4.78, 5) is 19.4. The number of rotatable bonds is 5. The van der Waals surface area contributed by atoms with Gasteiger partial charge in [-0.25, -0.2) is 4.98 Å². The van der Waals surface area contributed by atoms with E-state index in [0.717, 1.165) is 0 Å². The highest BCUT2D eigenvalue weighted by atomic mass is 16.5. The van der Waals surface area contributed by atoms with Crippen LogP contribution in [0.3, 0.4) is 0 Å². The van der Waals surface area contributed by atoms with Crippen molar-refractivity contribution in [2.24, 2.45) is 0 Å². The fraction of sp³-hybridized carbons (Fsp3) is 0.444. The Morgan fingerprint density at radius 3 is 3.12 bits per heavy atom. The molecule has 0 spiro atoms. The monoisotopic (exact) mass is 236 g/mol. The van der Waals surface area contributed by atoms with E-state index in [1.807, 2.05) is 6.92 Å². The van der Waals surface area contributed by atoms with Crippen LogP contribution in [-0.2, 0) is 12.8 Å². The molecule has 8 nitrogen and oxygen atoms in total. The molecule has 2 rings (SSSR count). The zero-order chi connectivity index (χ0) is 12.1. The van der Waals surface area contributed by atoms with Crippen molar-refractivity contribution in [3.63, 3.8) is 0 Å². The molecule has 0 saturated carbocycles. The van der Waals surface area contributed by atoms with Gasteiger partial charge in [-0.15, -0.1) is 5.10 Å². The van der Waals surface area contributed by atoms with Gasteiger partial charge < -0.3 is 9.84 Å². The smallest absolute Gasteiger partial charge is 0.290 e. The highest BCUT2D eigenvalue weighted by Gasteiger charge is 2.11. The molecule has 0 unspecified atom stereocenters. The highest BCUT2D eigenvalue weighted by molar-refractivity contribution is 5.90. The van der Waals surface area contributed by atoms with Gasteiger partial charge in [-0.3, -0.25) is 9.89 Å². The Bertz CT molecular complexity index is 477. The highest BCUT2D eigenvalue weighted by Crippen LogP contribution is 1.94. The summed E-state index contributed by atoms with van der Waals surface area (Å²) < 4.78 is 4.57. The summed E-state index contributed by atoms with van der Waals surface area (Å²) in [6, 6.07) is 0. The van der Waals surface area contributed by atoms with Gasteiger partial charge in [-0.1, -0.05) is 12.1 Å². The third-order valence-corrected chi connectivity index (χ3v) is 2.11. The molecule has 1 amide bonds. The van der Waals surface area contributed by atoms with E-state index in [1.165, 1.54) is 6.39 Å². The molecular formula is C9H12N6O2. The van der Waals surface area contributed by atoms with Crippen molar-refractivity contribution in [2.75, 3.05) is 6.54 Å². The van der Waals surface area contributed by atoms with E-state index in [0.29, 0.717) is 31.0 Å². The van der Waals surface area contributed by atoms with E-state index in [1.54, 1.807) is 0 Å². The molecule has 2 aromatic rings. The predicted molar refractivity (Wildman–Crippen MR) is 56.1 cm³/mol. The molecule has 0 radical (unpaired) electrons. The number of amides is 1. The molecule has 0 aromatic carbocycles. The number of aromatic amines is 1. The van der Waals surface area contributed by atoms with Gasteiger partial charge in [0.25, 0.3) is 5.91 Å². The average Bonchev–Trinajstić information content (AvgIpc) is 2.99. The average molecular weight is 236 g/mol. The fourth-order valence-electron chi connectivity index (χ4n) is 1.22. The van der Waals surface area contributed by atoms with Crippen LogP contribution >= 0.6 is 0 Å². The number of aryl methyl sites for hydroxylation is 1. The lowest BCUT2D eigenvalue weighted by Crippen LogP contribution is -2.27. The molecule has 90 valence electrons. The van der Waals surface area contributed by atoms with Crippen molar-refractivity contribution in [1.29, 1.82) is 0 Å². The topological polar surface area (TPSA) is 110 Å². The van der Waals surface area contributed by atoms with Crippen molar-refractivity contribution >= 4 is 5.91 Å². The first-order valence-corrected chi connectivity index (χ1v) is 5.24. The second kappa shape index (κ2) is 5.19. The molecule has 17 heavy (non-hydrogen) atoms. The first kappa shape index (κ1) is 11.2. The molecule has 2 N–H and O–H groups in total. The molecule has 0 atom stereocenters. The van der Waals surface area contributed by atoms with E-state index >= 15 is 0 Å². The number of carbonyl (C=O) groups is 1. The number of nitrogens with zero attached hydrogens (tertiary/aromatic N) is 4. The maximum Gasteiger partial charge on any atom is 0.290 e. The van der Waals surface area contributed by atoms with Crippen molar-refractivity contribution in [3.8, 4) is 0 Å². The molecule has 0 aliphatic carbocycles. The predicted octanol–water partition coefficient (Wildman–Crippen LogP) is -0.277. The van der Waals surface area contributed by atoms with Gasteiger partial charge in [0.15, 0.2) is 5.82 Å². The van der Waals surface area contributed by atoms with Crippen LogP contribution in [0.2, 0.25) is 0 Å². The number of nitrogens with one attached hydrogen (secondary N) is 2. The zero-order valence-electron chi connectivity index (χ0n) is 9.30. The lowest BCUT2D eigenvalue weighted by molar-refractivity contribution is 0.0944. The Balaban J connectivity index is 1.81. The van der Waals surface area contributed by atoms with Crippen LogP contribution in [0.15, 0.2) is 10.9 Å². The summed E-state index contributed by atoms with van der Waals surface area (Å²) in [6.07, 6.45) is 2.47. The van der Waals surface area contributed by atoms with Gasteiger partial charge in [0.2, 0.25) is 12.2 Å². The van der Waals surface area contributed by atoms with Crippen LogP contribution in [0.25, 0.3) is 0 Å². The normalized spacial score (nSPS) is 10.4. The van der Waals surface area contributed by atoms with Gasteiger partial charge >= 0.3 is 0 Å². The summed E-state index contributed by atoms with van der Waals surface area (Å²) in [5.74, 6) is 1.07. The summed E-state index contributed by atoms with van der Waals surface area (Å²) in [5.41, 5.74) is 0. The maximum atomic E-state index is 11.6. The molecule has 0 aliphatic rings. The molecule has 0 aliphatic heterocycles. The number of carbonyl (C=O) groups excluding carboxylic acids is 1. The number of aromatic nitrogens is 5. The Hall–Kier alpha value is -2.25. The second-order valence-corrected chi connectivity index (χ2v) is 3.31. The van der Waals surface area contributed by atoms with Gasteiger partial charge in [0, 0.05) is 19.4 Å². The van der Waals surface area contributed by atoms with E-state index < -0.39 is 0 Å². The van der Waals surface area contributed by atoms with E-state index in [9.17, 15) is 4.79 Å². The largest absolute Gasteiger partial charge is 0.349 e. The van der Waals surface area contributed by atoms with Crippen LogP contribution < -0.4 is 5.32 Å². The summed E-state index contributed by atoms with van der Waals surface area (Å²) in [5, 5.41) is 12.8. The third-order valence-electron chi connectivity index (χ3n) is 2.11. The van der Waals surface area contributed by atoms with Crippen LogP contribution in [0.1, 0.15) is 29.2 Å². The standard InChI is InChI=1S/C9H12N6O2/c1-2-6-12-8(14-13-6)9(16)10-4-3-7-11-5-17-15-7/h5H,2-4H2,1H3,(H,10,16)(H,12,13,14). The molecule has 0 saturated heterocycles. The van der Waals surface area contributed by atoms with Crippen molar-refractivity contribution in [3.05, 3.63) is 23.9 Å². The minimum absolute atomic E-state index is 0.148. The summed E-state index contributed by atoms with van der Waals surface area (Å²) >= 11 is 0. The molecule has 2 aromatic heterocycles. The quantitative estimate of drug-likeness (QED) is 0.739. The number of hydrogen-bond donors (Lipinski definition) is 2. The lowest BCUT2D eigenvalue weighted by Gasteiger charge is -1.98.